The lowest BCUT2D eigenvalue weighted by molar-refractivity contribution is -0.139. The Morgan fingerprint density at radius 1 is 1.77 bits per heavy atom. The zero-order chi connectivity index (χ0) is 9.90. The van der Waals surface area contributed by atoms with E-state index in [0.29, 0.717) is 5.25 Å². The second kappa shape index (κ2) is 4.60. The van der Waals surface area contributed by atoms with E-state index in [2.05, 4.69) is 13.8 Å². The molecule has 1 saturated heterocycles. The van der Waals surface area contributed by atoms with E-state index in [-0.39, 0.29) is 0 Å². The molecule has 2 unspecified atom stereocenters. The molecule has 0 aromatic rings. The van der Waals surface area contributed by atoms with Gasteiger partial charge in [-0.2, -0.15) is 11.8 Å². The third kappa shape index (κ3) is 2.56. The minimum atomic E-state index is -0.622. The molecule has 1 aliphatic heterocycles. The van der Waals surface area contributed by atoms with E-state index in [9.17, 15) is 9.90 Å². The van der Waals surface area contributed by atoms with Crippen LogP contribution in [0, 0.1) is 0 Å². The molecule has 0 aromatic carbocycles. The number of hydrogen-bond donors (Lipinski definition) is 1. The Kier molecular flexibility index (Phi) is 3.98. The first-order chi connectivity index (χ1) is 6.10. The molecule has 1 N–H and O–H groups in total. The number of aliphatic carboxylic acids is 1. The number of hydrogen-bond acceptors (Lipinski definition) is 3. The third-order valence-corrected chi connectivity index (χ3v) is 5.46. The van der Waals surface area contributed by atoms with Crippen molar-refractivity contribution < 1.29 is 9.90 Å². The highest BCUT2D eigenvalue weighted by molar-refractivity contribution is 8.05. The molecule has 4 heteroatoms. The standard InChI is InChI=1S/C9H16O2S2/c1-3-7(2)13-9(8(10)11)4-5-12-6-9/h7H,3-6H2,1-2H3,(H,10,11). The van der Waals surface area contributed by atoms with Crippen LogP contribution in [0.25, 0.3) is 0 Å². The molecule has 0 aromatic heterocycles. The maximum atomic E-state index is 11.1. The lowest BCUT2D eigenvalue weighted by Crippen LogP contribution is -2.36. The average Bonchev–Trinajstić information content (AvgIpc) is 2.54. The van der Waals surface area contributed by atoms with E-state index in [1.54, 1.807) is 23.5 Å². The third-order valence-electron chi connectivity index (χ3n) is 2.38. The molecular formula is C9H16O2S2. The minimum Gasteiger partial charge on any atom is -0.480 e. The van der Waals surface area contributed by atoms with Crippen LogP contribution in [0.4, 0.5) is 0 Å². The molecule has 0 radical (unpaired) electrons. The Morgan fingerprint density at radius 2 is 2.46 bits per heavy atom. The van der Waals surface area contributed by atoms with Crippen LogP contribution < -0.4 is 0 Å². The average molecular weight is 220 g/mol. The monoisotopic (exact) mass is 220 g/mol. The number of carbonyl (C=O) groups is 1. The van der Waals surface area contributed by atoms with Crippen LogP contribution in [0.15, 0.2) is 0 Å². The molecule has 2 atom stereocenters. The Balaban J connectivity index is 2.62. The largest absolute Gasteiger partial charge is 0.480 e. The van der Waals surface area contributed by atoms with Crippen LogP contribution >= 0.6 is 23.5 Å². The first-order valence-corrected chi connectivity index (χ1v) is 6.63. The van der Waals surface area contributed by atoms with Crippen LogP contribution in [-0.2, 0) is 4.79 Å². The maximum Gasteiger partial charge on any atom is 0.320 e. The second-order valence-corrected chi connectivity index (χ2v) is 6.37. The molecule has 1 heterocycles. The van der Waals surface area contributed by atoms with Crippen molar-refractivity contribution in [3.8, 4) is 0 Å². The molecule has 0 spiro atoms. The zero-order valence-corrected chi connectivity index (χ0v) is 9.71. The quantitative estimate of drug-likeness (QED) is 0.790. The Labute approximate surface area is 87.9 Å². The second-order valence-electron chi connectivity index (χ2n) is 3.44. The van der Waals surface area contributed by atoms with Gasteiger partial charge in [0.05, 0.1) is 0 Å². The van der Waals surface area contributed by atoms with Crippen LogP contribution in [0.2, 0.25) is 0 Å². The summed E-state index contributed by atoms with van der Waals surface area (Å²) in [5.41, 5.74) is 0. The van der Waals surface area contributed by atoms with Crippen LogP contribution in [0.5, 0.6) is 0 Å². The van der Waals surface area contributed by atoms with Gasteiger partial charge < -0.3 is 5.11 Å². The van der Waals surface area contributed by atoms with Gasteiger partial charge in [0.2, 0.25) is 0 Å². The van der Waals surface area contributed by atoms with Gasteiger partial charge in [-0.1, -0.05) is 13.8 Å². The van der Waals surface area contributed by atoms with Gasteiger partial charge in [0.25, 0.3) is 0 Å². The normalized spacial score (nSPS) is 30.3. The van der Waals surface area contributed by atoms with Crippen molar-refractivity contribution in [3.63, 3.8) is 0 Å². The molecule has 76 valence electrons. The van der Waals surface area contributed by atoms with Gasteiger partial charge in [0.15, 0.2) is 0 Å². The summed E-state index contributed by atoms with van der Waals surface area (Å²) in [5, 5.41) is 9.63. The number of carboxylic acid groups (broad SMARTS) is 1. The molecule has 1 fully saturated rings. The Bertz CT molecular complexity index is 188. The molecule has 13 heavy (non-hydrogen) atoms. The van der Waals surface area contributed by atoms with Crippen LogP contribution in [-0.4, -0.2) is 32.6 Å². The van der Waals surface area contributed by atoms with Gasteiger partial charge in [-0.3, -0.25) is 4.79 Å². The highest BCUT2D eigenvalue weighted by Crippen LogP contribution is 2.42. The summed E-state index contributed by atoms with van der Waals surface area (Å²) in [6, 6.07) is 0. The Morgan fingerprint density at radius 3 is 2.85 bits per heavy atom. The summed E-state index contributed by atoms with van der Waals surface area (Å²) in [7, 11) is 0. The summed E-state index contributed by atoms with van der Waals surface area (Å²) in [4.78, 5) is 11.1. The van der Waals surface area contributed by atoms with Crippen molar-refractivity contribution in [1.29, 1.82) is 0 Å². The number of carboxylic acids is 1. The fourth-order valence-electron chi connectivity index (χ4n) is 1.33. The lowest BCUT2D eigenvalue weighted by Gasteiger charge is -2.25. The van der Waals surface area contributed by atoms with E-state index in [1.807, 2.05) is 0 Å². The lowest BCUT2D eigenvalue weighted by atomic mass is 10.1. The van der Waals surface area contributed by atoms with E-state index in [0.717, 1.165) is 24.3 Å². The highest BCUT2D eigenvalue weighted by atomic mass is 32.2. The fraction of sp³-hybridized carbons (Fsp3) is 0.889. The van der Waals surface area contributed by atoms with Crippen LogP contribution in [0.1, 0.15) is 26.7 Å². The van der Waals surface area contributed by atoms with E-state index < -0.39 is 10.7 Å². The predicted octanol–water partition coefficient (Wildman–Crippen LogP) is 2.48. The summed E-state index contributed by atoms with van der Waals surface area (Å²) in [5.74, 6) is 1.15. The highest BCUT2D eigenvalue weighted by Gasteiger charge is 2.43. The molecule has 0 saturated carbocycles. The first kappa shape index (κ1) is 11.2. The SMILES string of the molecule is CCC(C)SC1(C(=O)O)CCSC1. The fourth-order valence-corrected chi connectivity index (χ4v) is 4.47. The van der Waals surface area contributed by atoms with Gasteiger partial charge in [-0.15, -0.1) is 11.8 Å². The number of thioether (sulfide) groups is 2. The predicted molar refractivity (Wildman–Crippen MR) is 59.7 cm³/mol. The van der Waals surface area contributed by atoms with Crippen molar-refractivity contribution in [3.05, 3.63) is 0 Å². The topological polar surface area (TPSA) is 37.3 Å². The molecule has 1 aliphatic rings. The van der Waals surface area contributed by atoms with Crippen molar-refractivity contribution in [2.24, 2.45) is 0 Å². The van der Waals surface area contributed by atoms with Gasteiger partial charge in [-0.05, 0) is 18.6 Å². The van der Waals surface area contributed by atoms with E-state index in [1.165, 1.54) is 0 Å². The first-order valence-electron chi connectivity index (χ1n) is 4.59. The molecule has 0 aliphatic carbocycles. The summed E-state index contributed by atoms with van der Waals surface area (Å²) in [6.07, 6.45) is 1.87. The van der Waals surface area contributed by atoms with Crippen molar-refractivity contribution in [2.75, 3.05) is 11.5 Å². The van der Waals surface area contributed by atoms with Crippen molar-refractivity contribution in [1.82, 2.24) is 0 Å². The molecule has 0 amide bonds. The van der Waals surface area contributed by atoms with Crippen LogP contribution in [0.3, 0.4) is 0 Å². The number of rotatable bonds is 4. The van der Waals surface area contributed by atoms with Gasteiger partial charge in [0.1, 0.15) is 4.75 Å². The van der Waals surface area contributed by atoms with Gasteiger partial charge in [0, 0.05) is 11.0 Å². The van der Waals surface area contributed by atoms with E-state index in [4.69, 9.17) is 0 Å². The van der Waals surface area contributed by atoms with E-state index >= 15 is 0 Å². The molecule has 2 nitrogen and oxygen atoms in total. The van der Waals surface area contributed by atoms with Gasteiger partial charge in [-0.25, -0.2) is 0 Å². The summed E-state index contributed by atoms with van der Waals surface area (Å²) in [6.45, 7) is 4.22. The minimum absolute atomic E-state index is 0.454. The summed E-state index contributed by atoms with van der Waals surface area (Å²) < 4.78 is -0.486. The molecule has 0 bridgehead atoms. The van der Waals surface area contributed by atoms with Crippen molar-refractivity contribution >= 4 is 29.5 Å². The zero-order valence-electron chi connectivity index (χ0n) is 8.08. The summed E-state index contributed by atoms with van der Waals surface area (Å²) >= 11 is 3.40. The smallest absolute Gasteiger partial charge is 0.320 e. The van der Waals surface area contributed by atoms with Gasteiger partial charge >= 0.3 is 5.97 Å². The maximum absolute atomic E-state index is 11.1. The van der Waals surface area contributed by atoms with Crippen molar-refractivity contribution in [2.45, 2.75) is 36.7 Å². The molecular weight excluding hydrogens is 204 g/mol. The molecule has 1 rings (SSSR count). The Hall–Kier alpha value is 0.170.